The van der Waals surface area contributed by atoms with E-state index in [0.717, 1.165) is 12.8 Å². The van der Waals surface area contributed by atoms with Crippen LogP contribution in [0.3, 0.4) is 0 Å². The quantitative estimate of drug-likeness (QED) is 0.202. The second-order valence-corrected chi connectivity index (χ2v) is 6.87. The Balaban J connectivity index is 3.19. The van der Waals surface area contributed by atoms with E-state index in [1.165, 1.54) is 70.6 Å². The third-order valence-corrected chi connectivity index (χ3v) is 4.13. The number of hydrogen-bond acceptors (Lipinski definition) is 3. The lowest BCUT2D eigenvalue weighted by Gasteiger charge is -2.06. The van der Waals surface area contributed by atoms with Crippen LogP contribution in [0.25, 0.3) is 0 Å². The van der Waals surface area contributed by atoms with E-state index in [1.54, 1.807) is 6.92 Å². The molecule has 0 heterocycles. The number of aliphatic hydroxyl groups is 1. The van der Waals surface area contributed by atoms with Crippen LogP contribution in [0.2, 0.25) is 0 Å². The van der Waals surface area contributed by atoms with Crippen LogP contribution in [0, 0.1) is 0 Å². The van der Waals surface area contributed by atoms with E-state index < -0.39 is 6.10 Å². The standard InChI is InChI=1S/C21H40O3/c1-3-4-5-6-7-8-9-10-11-12-13-14-15-16-17-18-21(23)24-19-20(2)22/h10-11,20,22H,3-9,12-19H2,1-2H3/b11-10+/t20-/m0/s1. The fraction of sp³-hybridized carbons (Fsp3) is 0.857. The summed E-state index contributed by atoms with van der Waals surface area (Å²) in [7, 11) is 0. The van der Waals surface area contributed by atoms with E-state index >= 15 is 0 Å². The van der Waals surface area contributed by atoms with Gasteiger partial charge in [-0.05, 0) is 39.0 Å². The topological polar surface area (TPSA) is 46.5 Å². The summed E-state index contributed by atoms with van der Waals surface area (Å²) < 4.78 is 4.92. The molecule has 0 rings (SSSR count). The van der Waals surface area contributed by atoms with Gasteiger partial charge in [-0.25, -0.2) is 0 Å². The summed E-state index contributed by atoms with van der Waals surface area (Å²) in [6.45, 7) is 4.00. The molecule has 0 aliphatic carbocycles. The average molecular weight is 341 g/mol. The number of ether oxygens (including phenoxy) is 1. The van der Waals surface area contributed by atoms with Crippen molar-refractivity contribution in [2.45, 2.75) is 110 Å². The number of carbonyl (C=O) groups excluding carboxylic acids is 1. The van der Waals surface area contributed by atoms with E-state index in [4.69, 9.17) is 9.84 Å². The van der Waals surface area contributed by atoms with Crippen LogP contribution in [0.15, 0.2) is 12.2 Å². The molecule has 0 saturated carbocycles. The van der Waals surface area contributed by atoms with Gasteiger partial charge < -0.3 is 9.84 Å². The zero-order valence-electron chi connectivity index (χ0n) is 16.1. The highest BCUT2D eigenvalue weighted by Gasteiger charge is 2.04. The molecular weight excluding hydrogens is 300 g/mol. The molecule has 0 amide bonds. The predicted molar refractivity (Wildman–Crippen MR) is 102 cm³/mol. The summed E-state index contributed by atoms with van der Waals surface area (Å²) in [5.41, 5.74) is 0. The van der Waals surface area contributed by atoms with Gasteiger partial charge in [0.2, 0.25) is 0 Å². The fourth-order valence-electron chi connectivity index (χ4n) is 2.63. The van der Waals surface area contributed by atoms with Gasteiger partial charge in [0, 0.05) is 6.42 Å². The maximum absolute atomic E-state index is 11.3. The summed E-state index contributed by atoms with van der Waals surface area (Å²) in [6.07, 6.45) is 20.9. The van der Waals surface area contributed by atoms with Crippen molar-refractivity contribution >= 4 is 5.97 Å². The van der Waals surface area contributed by atoms with E-state index in [0.29, 0.717) is 6.42 Å². The molecule has 0 spiro atoms. The van der Waals surface area contributed by atoms with Crippen LogP contribution < -0.4 is 0 Å². The van der Waals surface area contributed by atoms with Crippen molar-refractivity contribution in [1.82, 2.24) is 0 Å². The number of hydrogen-bond donors (Lipinski definition) is 1. The lowest BCUT2D eigenvalue weighted by atomic mass is 10.1. The van der Waals surface area contributed by atoms with Crippen molar-refractivity contribution in [3.05, 3.63) is 12.2 Å². The summed E-state index contributed by atoms with van der Waals surface area (Å²) in [4.78, 5) is 11.3. The second kappa shape index (κ2) is 18.5. The van der Waals surface area contributed by atoms with E-state index in [2.05, 4.69) is 19.1 Å². The summed E-state index contributed by atoms with van der Waals surface area (Å²) >= 11 is 0. The first-order valence-corrected chi connectivity index (χ1v) is 10.2. The molecule has 0 bridgehead atoms. The summed E-state index contributed by atoms with van der Waals surface area (Å²) in [6, 6.07) is 0. The summed E-state index contributed by atoms with van der Waals surface area (Å²) in [5, 5.41) is 9.02. The monoisotopic (exact) mass is 340 g/mol. The smallest absolute Gasteiger partial charge is 0.305 e. The lowest BCUT2D eigenvalue weighted by Crippen LogP contribution is -2.14. The van der Waals surface area contributed by atoms with Crippen LogP contribution in [0.5, 0.6) is 0 Å². The molecular formula is C21H40O3. The molecule has 0 unspecified atom stereocenters. The molecule has 0 aromatic heterocycles. The molecule has 0 aromatic rings. The molecule has 0 aliphatic rings. The third kappa shape index (κ3) is 19.2. The Morgan fingerprint density at radius 3 is 1.92 bits per heavy atom. The van der Waals surface area contributed by atoms with Gasteiger partial charge in [0.1, 0.15) is 6.61 Å². The molecule has 0 fully saturated rings. The molecule has 0 aromatic carbocycles. The Kier molecular flexibility index (Phi) is 17.9. The fourth-order valence-corrected chi connectivity index (χ4v) is 2.63. The molecule has 3 heteroatoms. The van der Waals surface area contributed by atoms with Crippen LogP contribution in [0.4, 0.5) is 0 Å². The van der Waals surface area contributed by atoms with Crippen molar-refractivity contribution in [2.24, 2.45) is 0 Å². The van der Waals surface area contributed by atoms with Gasteiger partial charge >= 0.3 is 5.97 Å². The highest BCUT2D eigenvalue weighted by atomic mass is 16.5. The minimum Gasteiger partial charge on any atom is -0.463 e. The normalized spacial score (nSPS) is 12.6. The highest BCUT2D eigenvalue weighted by molar-refractivity contribution is 5.69. The van der Waals surface area contributed by atoms with Gasteiger partial charge in [0.25, 0.3) is 0 Å². The average Bonchev–Trinajstić information content (AvgIpc) is 2.56. The van der Waals surface area contributed by atoms with Crippen LogP contribution >= 0.6 is 0 Å². The molecule has 24 heavy (non-hydrogen) atoms. The predicted octanol–water partition coefficient (Wildman–Crippen LogP) is 5.95. The van der Waals surface area contributed by atoms with Gasteiger partial charge in [-0.3, -0.25) is 4.79 Å². The SMILES string of the molecule is CCCCCCCC/C=C/CCCCCCCC(=O)OC[C@H](C)O. The van der Waals surface area contributed by atoms with E-state index in [1.807, 2.05) is 0 Å². The number of aliphatic hydroxyl groups excluding tert-OH is 1. The third-order valence-electron chi connectivity index (χ3n) is 4.13. The number of esters is 1. The minimum absolute atomic E-state index is 0.115. The molecule has 3 nitrogen and oxygen atoms in total. The van der Waals surface area contributed by atoms with E-state index in [-0.39, 0.29) is 12.6 Å². The van der Waals surface area contributed by atoms with Gasteiger partial charge in [-0.1, -0.05) is 70.4 Å². The molecule has 0 aliphatic heterocycles. The van der Waals surface area contributed by atoms with Crippen molar-refractivity contribution in [1.29, 1.82) is 0 Å². The zero-order valence-corrected chi connectivity index (χ0v) is 16.1. The van der Waals surface area contributed by atoms with Crippen molar-refractivity contribution in [2.75, 3.05) is 6.61 Å². The highest BCUT2D eigenvalue weighted by Crippen LogP contribution is 2.10. The van der Waals surface area contributed by atoms with Gasteiger partial charge in [-0.2, -0.15) is 0 Å². The Morgan fingerprint density at radius 1 is 0.875 bits per heavy atom. The Morgan fingerprint density at radius 2 is 1.38 bits per heavy atom. The van der Waals surface area contributed by atoms with Gasteiger partial charge in [-0.15, -0.1) is 0 Å². The van der Waals surface area contributed by atoms with Crippen LogP contribution in [-0.4, -0.2) is 23.8 Å². The van der Waals surface area contributed by atoms with Crippen molar-refractivity contribution in [3.8, 4) is 0 Å². The Bertz CT molecular complexity index is 297. The Hall–Kier alpha value is -0.830. The molecule has 1 atom stereocenters. The molecule has 142 valence electrons. The molecule has 0 radical (unpaired) electrons. The van der Waals surface area contributed by atoms with Crippen molar-refractivity contribution < 1.29 is 14.6 Å². The van der Waals surface area contributed by atoms with Crippen LogP contribution in [-0.2, 0) is 9.53 Å². The number of unbranched alkanes of at least 4 members (excludes halogenated alkanes) is 11. The largest absolute Gasteiger partial charge is 0.463 e. The number of rotatable bonds is 17. The number of carbonyl (C=O) groups is 1. The van der Waals surface area contributed by atoms with Gasteiger partial charge in [0.15, 0.2) is 0 Å². The maximum atomic E-state index is 11.3. The number of allylic oxidation sites excluding steroid dienone is 2. The summed E-state index contributed by atoms with van der Waals surface area (Å²) in [5.74, 6) is -0.187. The van der Waals surface area contributed by atoms with Gasteiger partial charge in [0.05, 0.1) is 6.10 Å². The maximum Gasteiger partial charge on any atom is 0.305 e. The zero-order chi connectivity index (χ0) is 17.9. The van der Waals surface area contributed by atoms with Crippen LogP contribution in [0.1, 0.15) is 104 Å². The molecule has 0 saturated heterocycles. The van der Waals surface area contributed by atoms with E-state index in [9.17, 15) is 4.79 Å². The van der Waals surface area contributed by atoms with Crippen molar-refractivity contribution in [3.63, 3.8) is 0 Å². The first-order valence-electron chi connectivity index (χ1n) is 10.2. The lowest BCUT2D eigenvalue weighted by molar-refractivity contribution is -0.146. The first-order chi connectivity index (χ1) is 11.7. The Labute approximate surface area is 149 Å². The first kappa shape index (κ1) is 23.2. The molecule has 1 N–H and O–H groups in total. The minimum atomic E-state index is -0.567. The second-order valence-electron chi connectivity index (χ2n) is 6.87.